The summed E-state index contributed by atoms with van der Waals surface area (Å²) in [4.78, 5) is 24.0. The summed E-state index contributed by atoms with van der Waals surface area (Å²) in [6.45, 7) is 3.60. The van der Waals surface area contributed by atoms with Gasteiger partial charge in [0.1, 0.15) is 5.82 Å². The number of aliphatic carboxylic acids is 1. The molecule has 0 spiro atoms. The second-order valence-electron chi connectivity index (χ2n) is 4.52. The van der Waals surface area contributed by atoms with Crippen molar-refractivity contribution in [3.8, 4) is 0 Å². The Labute approximate surface area is 121 Å². The van der Waals surface area contributed by atoms with Crippen LogP contribution in [0.3, 0.4) is 0 Å². The lowest BCUT2D eigenvalue weighted by Gasteiger charge is -2.26. The van der Waals surface area contributed by atoms with Crippen LogP contribution in [0, 0.1) is 5.82 Å². The third kappa shape index (κ3) is 5.05. The van der Waals surface area contributed by atoms with Crippen LogP contribution in [-0.4, -0.2) is 34.6 Å². The van der Waals surface area contributed by atoms with Crippen LogP contribution in [0.2, 0.25) is 5.02 Å². The molecule has 0 radical (unpaired) electrons. The fourth-order valence-electron chi connectivity index (χ4n) is 1.63. The molecule has 2 N–H and O–H groups in total. The number of carbonyl (C=O) groups excluding carboxylic acids is 1. The zero-order valence-electron chi connectivity index (χ0n) is 11.2. The molecule has 0 atom stereocenters. The summed E-state index contributed by atoms with van der Waals surface area (Å²) in [6, 6.07) is 3.00. The van der Waals surface area contributed by atoms with Crippen LogP contribution in [0.1, 0.15) is 20.3 Å². The van der Waals surface area contributed by atoms with E-state index in [1.165, 1.54) is 11.0 Å². The van der Waals surface area contributed by atoms with Gasteiger partial charge >= 0.3 is 12.0 Å². The number of urea groups is 1. The zero-order valence-corrected chi connectivity index (χ0v) is 11.9. The summed E-state index contributed by atoms with van der Waals surface area (Å²) >= 11 is 5.70. The second kappa shape index (κ2) is 7.09. The third-order valence-corrected chi connectivity index (χ3v) is 2.78. The molecule has 7 heteroatoms. The molecular weight excluding hydrogens is 287 g/mol. The molecule has 1 aromatic carbocycles. The van der Waals surface area contributed by atoms with Gasteiger partial charge in [0.2, 0.25) is 0 Å². The van der Waals surface area contributed by atoms with E-state index in [1.54, 1.807) is 13.8 Å². The molecule has 0 aromatic heterocycles. The molecule has 0 saturated carbocycles. The standard InChI is InChI=1S/C13H16ClFN2O3/c1-8(2)17(4-3-12(18)19)13(20)16-11-6-9(14)5-10(15)7-11/h5-8H,3-4H2,1-2H3,(H,16,20)(H,18,19). The number of rotatable bonds is 5. The van der Waals surface area contributed by atoms with Crippen LogP contribution >= 0.6 is 11.6 Å². The minimum atomic E-state index is -0.989. The van der Waals surface area contributed by atoms with E-state index in [0.29, 0.717) is 0 Å². The van der Waals surface area contributed by atoms with Crippen molar-refractivity contribution in [3.05, 3.63) is 29.0 Å². The summed E-state index contributed by atoms with van der Waals surface area (Å²) in [6.07, 6.45) is -0.157. The molecule has 0 fully saturated rings. The number of carboxylic acids is 1. The Kier molecular flexibility index (Phi) is 5.76. The van der Waals surface area contributed by atoms with E-state index < -0.39 is 17.8 Å². The number of nitrogens with zero attached hydrogens (tertiary/aromatic N) is 1. The summed E-state index contributed by atoms with van der Waals surface area (Å²) < 4.78 is 13.2. The van der Waals surface area contributed by atoms with Gasteiger partial charge in [-0.2, -0.15) is 0 Å². The maximum atomic E-state index is 13.2. The molecule has 0 aliphatic rings. The highest BCUT2D eigenvalue weighted by molar-refractivity contribution is 6.30. The highest BCUT2D eigenvalue weighted by atomic mass is 35.5. The highest BCUT2D eigenvalue weighted by Gasteiger charge is 2.18. The molecule has 5 nitrogen and oxygen atoms in total. The lowest BCUT2D eigenvalue weighted by atomic mass is 10.3. The van der Waals surface area contributed by atoms with Gasteiger partial charge in [-0.3, -0.25) is 4.79 Å². The van der Waals surface area contributed by atoms with E-state index >= 15 is 0 Å². The van der Waals surface area contributed by atoms with Crippen LogP contribution in [0.15, 0.2) is 18.2 Å². The first-order valence-electron chi connectivity index (χ1n) is 6.05. The fraction of sp³-hybridized carbons (Fsp3) is 0.385. The van der Waals surface area contributed by atoms with E-state index in [-0.39, 0.29) is 29.7 Å². The predicted molar refractivity (Wildman–Crippen MR) is 74.5 cm³/mol. The first-order valence-corrected chi connectivity index (χ1v) is 6.43. The molecule has 0 heterocycles. The molecule has 20 heavy (non-hydrogen) atoms. The van der Waals surface area contributed by atoms with Crippen LogP contribution in [-0.2, 0) is 4.79 Å². The van der Waals surface area contributed by atoms with E-state index in [2.05, 4.69) is 5.32 Å². The number of amides is 2. The van der Waals surface area contributed by atoms with Gasteiger partial charge in [-0.25, -0.2) is 9.18 Å². The molecule has 0 saturated heterocycles. The Bertz CT molecular complexity index is 488. The topological polar surface area (TPSA) is 69.6 Å². The summed E-state index contributed by atoms with van der Waals surface area (Å²) in [5, 5.41) is 11.3. The zero-order chi connectivity index (χ0) is 15.3. The molecular formula is C13H16ClFN2O3. The van der Waals surface area contributed by atoms with Crippen molar-refractivity contribution in [3.63, 3.8) is 0 Å². The van der Waals surface area contributed by atoms with Crippen molar-refractivity contribution in [2.45, 2.75) is 26.3 Å². The summed E-state index contributed by atoms with van der Waals surface area (Å²) in [5.41, 5.74) is 0.223. The summed E-state index contributed by atoms with van der Waals surface area (Å²) in [7, 11) is 0. The molecule has 2 amide bonds. The second-order valence-corrected chi connectivity index (χ2v) is 4.96. The third-order valence-electron chi connectivity index (χ3n) is 2.56. The molecule has 1 aromatic rings. The number of benzene rings is 1. The van der Waals surface area contributed by atoms with Gasteiger partial charge in [0, 0.05) is 23.3 Å². The van der Waals surface area contributed by atoms with Crippen molar-refractivity contribution < 1.29 is 19.1 Å². The minimum Gasteiger partial charge on any atom is -0.481 e. The highest BCUT2D eigenvalue weighted by Crippen LogP contribution is 2.18. The van der Waals surface area contributed by atoms with E-state index in [0.717, 1.165) is 12.1 Å². The van der Waals surface area contributed by atoms with Gasteiger partial charge in [0.25, 0.3) is 0 Å². The molecule has 0 aliphatic carbocycles. The van der Waals surface area contributed by atoms with Gasteiger partial charge in [0.15, 0.2) is 0 Å². The summed E-state index contributed by atoms with van der Waals surface area (Å²) in [5.74, 6) is -1.55. The Balaban J connectivity index is 2.77. The number of nitrogens with one attached hydrogen (secondary N) is 1. The Morgan fingerprint density at radius 3 is 2.55 bits per heavy atom. The first kappa shape index (κ1) is 16.2. The number of carbonyl (C=O) groups is 2. The van der Waals surface area contributed by atoms with Gasteiger partial charge in [-0.1, -0.05) is 11.6 Å². The average Bonchev–Trinajstić information content (AvgIpc) is 2.26. The predicted octanol–water partition coefficient (Wildman–Crippen LogP) is 3.20. The average molecular weight is 303 g/mol. The van der Waals surface area contributed by atoms with Crippen molar-refractivity contribution in [1.82, 2.24) is 4.90 Å². The number of hydrogen-bond donors (Lipinski definition) is 2. The van der Waals surface area contributed by atoms with Gasteiger partial charge in [-0.15, -0.1) is 0 Å². The fourth-order valence-corrected chi connectivity index (χ4v) is 1.85. The van der Waals surface area contributed by atoms with Gasteiger partial charge < -0.3 is 15.3 Å². The molecule has 110 valence electrons. The van der Waals surface area contributed by atoms with Crippen LogP contribution < -0.4 is 5.32 Å². The Morgan fingerprint density at radius 1 is 1.40 bits per heavy atom. The lowest BCUT2D eigenvalue weighted by Crippen LogP contribution is -2.41. The Morgan fingerprint density at radius 2 is 2.05 bits per heavy atom. The molecule has 1 rings (SSSR count). The monoisotopic (exact) mass is 302 g/mol. The minimum absolute atomic E-state index is 0.0713. The number of carboxylic acid groups (broad SMARTS) is 1. The SMILES string of the molecule is CC(C)N(CCC(=O)O)C(=O)Nc1cc(F)cc(Cl)c1. The van der Waals surface area contributed by atoms with Crippen molar-refractivity contribution >= 4 is 29.3 Å². The van der Waals surface area contributed by atoms with Crippen molar-refractivity contribution in [2.24, 2.45) is 0 Å². The number of hydrogen-bond acceptors (Lipinski definition) is 2. The quantitative estimate of drug-likeness (QED) is 0.877. The van der Waals surface area contributed by atoms with E-state index in [4.69, 9.17) is 16.7 Å². The van der Waals surface area contributed by atoms with E-state index in [9.17, 15) is 14.0 Å². The van der Waals surface area contributed by atoms with Crippen molar-refractivity contribution in [2.75, 3.05) is 11.9 Å². The van der Waals surface area contributed by atoms with Crippen LogP contribution in [0.5, 0.6) is 0 Å². The van der Waals surface area contributed by atoms with Crippen molar-refractivity contribution in [1.29, 1.82) is 0 Å². The maximum Gasteiger partial charge on any atom is 0.322 e. The lowest BCUT2D eigenvalue weighted by molar-refractivity contribution is -0.137. The molecule has 0 aliphatic heterocycles. The van der Waals surface area contributed by atoms with Crippen LogP contribution in [0.4, 0.5) is 14.9 Å². The smallest absolute Gasteiger partial charge is 0.322 e. The normalized spacial score (nSPS) is 10.4. The molecule has 0 unspecified atom stereocenters. The van der Waals surface area contributed by atoms with Gasteiger partial charge in [0.05, 0.1) is 6.42 Å². The van der Waals surface area contributed by atoms with Gasteiger partial charge in [-0.05, 0) is 32.0 Å². The first-order chi connectivity index (χ1) is 9.29. The van der Waals surface area contributed by atoms with E-state index in [1.807, 2.05) is 0 Å². The number of anilines is 1. The number of halogens is 2. The Hall–Kier alpha value is -1.82. The largest absolute Gasteiger partial charge is 0.481 e. The van der Waals surface area contributed by atoms with Crippen LogP contribution in [0.25, 0.3) is 0 Å². The molecule has 0 bridgehead atoms. The maximum absolute atomic E-state index is 13.2.